The normalized spacial score (nSPS) is 14.2. The van der Waals surface area contributed by atoms with E-state index in [1.807, 2.05) is 43.5 Å². The highest BCUT2D eigenvalue weighted by atomic mass is 16.5. The second kappa shape index (κ2) is 8.88. The lowest BCUT2D eigenvalue weighted by molar-refractivity contribution is 0.460. The Hall–Kier alpha value is -4.38. The van der Waals surface area contributed by atoms with Crippen LogP contribution in [0.1, 0.15) is 48.3 Å². The summed E-state index contributed by atoms with van der Waals surface area (Å²) in [4.78, 5) is 9.36. The van der Waals surface area contributed by atoms with Gasteiger partial charge in [0.2, 0.25) is 5.88 Å². The van der Waals surface area contributed by atoms with Crippen molar-refractivity contribution in [2.24, 2.45) is 0 Å². The van der Waals surface area contributed by atoms with Gasteiger partial charge in [-0.25, -0.2) is 9.97 Å². The Balaban J connectivity index is 1.41. The zero-order chi connectivity index (χ0) is 25.8. The molecule has 0 bridgehead atoms. The molecule has 7 rings (SSSR count). The third-order valence-electron chi connectivity index (χ3n) is 7.83. The number of hydrogen-bond donors (Lipinski definition) is 1. The molecule has 0 atom stereocenters. The lowest BCUT2D eigenvalue weighted by atomic mass is 9.93. The Kier molecular flexibility index (Phi) is 5.32. The van der Waals surface area contributed by atoms with Gasteiger partial charge >= 0.3 is 0 Å². The average molecular weight is 500 g/mol. The van der Waals surface area contributed by atoms with Crippen LogP contribution in [0.15, 0.2) is 79.0 Å². The molecule has 1 saturated carbocycles. The summed E-state index contributed by atoms with van der Waals surface area (Å²) in [5, 5.41) is 13.8. The molecule has 38 heavy (non-hydrogen) atoms. The van der Waals surface area contributed by atoms with Gasteiger partial charge in [0, 0.05) is 34.5 Å². The van der Waals surface area contributed by atoms with Crippen molar-refractivity contribution in [3.63, 3.8) is 0 Å². The van der Waals surface area contributed by atoms with E-state index < -0.39 is 0 Å². The van der Waals surface area contributed by atoms with Crippen LogP contribution in [0.3, 0.4) is 0 Å². The molecule has 3 aromatic carbocycles. The van der Waals surface area contributed by atoms with Crippen molar-refractivity contribution in [2.75, 3.05) is 0 Å². The number of aromatic hydroxyl groups is 1. The number of aromatic nitrogens is 3. The van der Waals surface area contributed by atoms with Crippen molar-refractivity contribution in [3.8, 4) is 23.2 Å². The first-order valence-corrected chi connectivity index (χ1v) is 13.3. The van der Waals surface area contributed by atoms with Gasteiger partial charge in [0.1, 0.15) is 22.8 Å². The smallest absolute Gasteiger partial charge is 0.219 e. The van der Waals surface area contributed by atoms with Crippen LogP contribution in [0.5, 0.6) is 17.4 Å². The summed E-state index contributed by atoms with van der Waals surface area (Å²) >= 11 is 0. The second-order valence-corrected chi connectivity index (χ2v) is 10.5. The van der Waals surface area contributed by atoms with Crippen LogP contribution in [-0.4, -0.2) is 19.6 Å². The molecule has 1 fully saturated rings. The molecule has 5 heteroatoms. The number of hydrogen-bond acceptors (Lipinski definition) is 4. The van der Waals surface area contributed by atoms with Crippen LogP contribution in [0.4, 0.5) is 0 Å². The molecule has 0 saturated heterocycles. The van der Waals surface area contributed by atoms with Crippen LogP contribution in [0.2, 0.25) is 0 Å². The molecular weight excluding hydrogens is 470 g/mol. The second-order valence-electron chi connectivity index (χ2n) is 10.5. The van der Waals surface area contributed by atoms with E-state index in [4.69, 9.17) is 9.72 Å². The maximum Gasteiger partial charge on any atom is 0.219 e. The van der Waals surface area contributed by atoms with Gasteiger partial charge in [0.05, 0.1) is 11.0 Å². The summed E-state index contributed by atoms with van der Waals surface area (Å²) in [6.07, 6.45) is 6.96. The molecule has 3 aromatic heterocycles. The number of rotatable bonds is 4. The molecule has 188 valence electrons. The quantitative estimate of drug-likeness (QED) is 0.264. The highest BCUT2D eigenvalue weighted by Crippen LogP contribution is 2.43. The molecule has 0 spiro atoms. The fourth-order valence-corrected chi connectivity index (χ4v) is 6.13. The third kappa shape index (κ3) is 3.77. The van der Waals surface area contributed by atoms with Crippen LogP contribution in [-0.2, 0) is 0 Å². The molecule has 1 aliphatic carbocycles. The van der Waals surface area contributed by atoms with Gasteiger partial charge in [0.15, 0.2) is 0 Å². The van der Waals surface area contributed by atoms with Gasteiger partial charge in [-0.1, -0.05) is 25.0 Å². The number of aryl methyl sites for hydroxylation is 2. The van der Waals surface area contributed by atoms with E-state index in [0.717, 1.165) is 22.3 Å². The number of ether oxygens (including phenoxy) is 1. The SMILES string of the molecule is Cc1ccnc(-n2c3cc(Oc4ccc5cc(C)cc(O)c5n4)ccc3c3c(C4CCCC4)cccc32)c1. The Morgan fingerprint density at radius 2 is 1.74 bits per heavy atom. The fraction of sp³-hybridized carbons (Fsp3) is 0.212. The monoisotopic (exact) mass is 499 g/mol. The Bertz CT molecular complexity index is 1850. The Labute approximate surface area is 221 Å². The Morgan fingerprint density at radius 3 is 2.58 bits per heavy atom. The topological polar surface area (TPSA) is 60.2 Å². The summed E-state index contributed by atoms with van der Waals surface area (Å²) in [6, 6.07) is 24.6. The summed E-state index contributed by atoms with van der Waals surface area (Å²) in [7, 11) is 0. The van der Waals surface area contributed by atoms with E-state index >= 15 is 0 Å². The number of pyridine rings is 2. The van der Waals surface area contributed by atoms with Crippen LogP contribution < -0.4 is 4.74 Å². The summed E-state index contributed by atoms with van der Waals surface area (Å²) in [6.45, 7) is 4.05. The largest absolute Gasteiger partial charge is 0.506 e. The predicted molar refractivity (Wildman–Crippen MR) is 153 cm³/mol. The van der Waals surface area contributed by atoms with Crippen molar-refractivity contribution in [3.05, 3.63) is 95.7 Å². The lowest BCUT2D eigenvalue weighted by Crippen LogP contribution is -1.98. The zero-order valence-electron chi connectivity index (χ0n) is 21.6. The van der Waals surface area contributed by atoms with Gasteiger partial charge < -0.3 is 9.84 Å². The van der Waals surface area contributed by atoms with Crippen LogP contribution in [0.25, 0.3) is 38.5 Å². The molecule has 5 nitrogen and oxygen atoms in total. The highest BCUT2D eigenvalue weighted by molar-refractivity contribution is 6.11. The zero-order valence-corrected chi connectivity index (χ0v) is 21.6. The van der Waals surface area contributed by atoms with E-state index in [9.17, 15) is 5.11 Å². The number of phenols is 1. The first-order chi connectivity index (χ1) is 18.5. The maximum absolute atomic E-state index is 10.4. The van der Waals surface area contributed by atoms with E-state index in [0.29, 0.717) is 23.1 Å². The standard InChI is InChI=1S/C33H29N3O2/c1-20-14-15-34-30(18-20)36-27-9-5-8-25(22-6-3-4-7-22)32(27)26-12-11-24(19-28(26)36)38-31-13-10-23-16-21(2)17-29(37)33(23)35-31/h5,8-19,22,37H,3-4,6-7H2,1-2H3. The van der Waals surface area contributed by atoms with Crippen molar-refractivity contribution in [1.29, 1.82) is 0 Å². The third-order valence-corrected chi connectivity index (χ3v) is 7.83. The minimum absolute atomic E-state index is 0.158. The highest BCUT2D eigenvalue weighted by Gasteiger charge is 2.23. The minimum Gasteiger partial charge on any atom is -0.506 e. The molecule has 0 amide bonds. The van der Waals surface area contributed by atoms with Crippen molar-refractivity contribution in [2.45, 2.75) is 45.4 Å². The summed E-state index contributed by atoms with van der Waals surface area (Å²) in [5.74, 6) is 2.78. The van der Waals surface area contributed by atoms with Gasteiger partial charge in [-0.2, -0.15) is 0 Å². The van der Waals surface area contributed by atoms with Crippen molar-refractivity contribution < 1.29 is 9.84 Å². The molecule has 1 N–H and O–H groups in total. The van der Waals surface area contributed by atoms with Gasteiger partial charge in [0.25, 0.3) is 0 Å². The van der Waals surface area contributed by atoms with Gasteiger partial charge in [-0.3, -0.25) is 4.57 Å². The van der Waals surface area contributed by atoms with Crippen molar-refractivity contribution >= 4 is 32.7 Å². The Morgan fingerprint density at radius 1 is 0.868 bits per heavy atom. The van der Waals surface area contributed by atoms with Gasteiger partial charge in [-0.05, 0) is 97.8 Å². The number of phenolic OH excluding ortho intramolecular Hbond substituents is 1. The molecule has 0 unspecified atom stereocenters. The van der Waals surface area contributed by atoms with E-state index in [1.54, 1.807) is 6.07 Å². The van der Waals surface area contributed by atoms with E-state index in [2.05, 4.69) is 52.9 Å². The lowest BCUT2D eigenvalue weighted by Gasteiger charge is -2.12. The average Bonchev–Trinajstić information content (AvgIpc) is 3.55. The van der Waals surface area contributed by atoms with Crippen LogP contribution in [0, 0.1) is 13.8 Å². The van der Waals surface area contributed by atoms with E-state index in [-0.39, 0.29) is 5.75 Å². The van der Waals surface area contributed by atoms with E-state index in [1.165, 1.54) is 53.1 Å². The molecule has 1 aliphatic rings. The summed E-state index contributed by atoms with van der Waals surface area (Å²) in [5.41, 5.74) is 6.36. The first kappa shape index (κ1) is 22.8. The molecule has 0 radical (unpaired) electrons. The minimum atomic E-state index is 0.158. The number of benzene rings is 3. The van der Waals surface area contributed by atoms with Crippen LogP contribution >= 0.6 is 0 Å². The molecule has 6 aromatic rings. The molecular formula is C33H29N3O2. The predicted octanol–water partition coefficient (Wildman–Crippen LogP) is 8.50. The van der Waals surface area contributed by atoms with Crippen molar-refractivity contribution in [1.82, 2.24) is 14.5 Å². The van der Waals surface area contributed by atoms with Gasteiger partial charge in [-0.15, -0.1) is 0 Å². The fourth-order valence-electron chi connectivity index (χ4n) is 6.13. The number of fused-ring (bicyclic) bond motifs is 4. The molecule has 3 heterocycles. The maximum atomic E-state index is 10.4. The summed E-state index contributed by atoms with van der Waals surface area (Å²) < 4.78 is 8.52. The number of nitrogens with zero attached hydrogens (tertiary/aromatic N) is 3. The molecule has 0 aliphatic heterocycles. The first-order valence-electron chi connectivity index (χ1n) is 13.3.